The second kappa shape index (κ2) is 4.25. The fourth-order valence-electron chi connectivity index (χ4n) is 1.41. The van der Waals surface area contributed by atoms with Crippen molar-refractivity contribution in [1.29, 1.82) is 0 Å². The molecule has 6 heteroatoms. The van der Waals surface area contributed by atoms with E-state index in [0.29, 0.717) is 5.56 Å². The Hall–Kier alpha value is -2.37. The number of rotatable bonds is 3. The highest BCUT2D eigenvalue weighted by Crippen LogP contribution is 2.02. The number of ketones is 1. The smallest absolute Gasteiger partial charge is 0.328 e. The summed E-state index contributed by atoms with van der Waals surface area (Å²) in [4.78, 5) is 36.4. The maximum atomic E-state index is 11.7. The van der Waals surface area contributed by atoms with Gasteiger partial charge in [-0.25, -0.2) is 4.79 Å². The molecule has 0 spiro atoms. The fraction of sp³-hybridized carbons (Fsp3) is 0.182. The Morgan fingerprint density at radius 3 is 2.88 bits per heavy atom. The molecule has 0 saturated heterocycles. The molecular weight excluding hydrogens is 224 g/mol. The summed E-state index contributed by atoms with van der Waals surface area (Å²) in [6.07, 6.45) is 2.73. The van der Waals surface area contributed by atoms with Crippen LogP contribution in [0.5, 0.6) is 0 Å². The van der Waals surface area contributed by atoms with Crippen molar-refractivity contribution in [2.45, 2.75) is 13.5 Å². The molecule has 0 aromatic carbocycles. The molecule has 0 radical (unpaired) electrons. The number of hydrogen-bond acceptors (Lipinski definition) is 4. The molecule has 88 valence electrons. The Bertz CT molecular complexity index is 649. The molecule has 0 atom stereocenters. The van der Waals surface area contributed by atoms with Crippen LogP contribution in [0.1, 0.15) is 16.1 Å². The first-order chi connectivity index (χ1) is 8.08. The SMILES string of the molecule is Cc1cn(CC(=O)c2ccco2)c(=O)[nH]c1=O. The number of H-pyrrole nitrogens is 1. The lowest BCUT2D eigenvalue weighted by Gasteiger charge is -2.03. The normalized spacial score (nSPS) is 10.4. The van der Waals surface area contributed by atoms with Gasteiger partial charge < -0.3 is 4.42 Å². The molecule has 1 N–H and O–H groups in total. The minimum atomic E-state index is -0.611. The number of hydrogen-bond donors (Lipinski definition) is 1. The Morgan fingerprint density at radius 1 is 1.47 bits per heavy atom. The number of carbonyl (C=O) groups is 1. The van der Waals surface area contributed by atoms with Crippen LogP contribution in [0.25, 0.3) is 0 Å². The molecule has 2 aromatic rings. The number of furan rings is 1. The predicted octanol–water partition coefficient (Wildman–Crippen LogP) is 0.321. The molecule has 0 aliphatic heterocycles. The molecule has 17 heavy (non-hydrogen) atoms. The van der Waals surface area contributed by atoms with E-state index < -0.39 is 11.2 Å². The van der Waals surface area contributed by atoms with Crippen LogP contribution in [0.2, 0.25) is 0 Å². The lowest BCUT2D eigenvalue weighted by atomic mass is 10.3. The maximum absolute atomic E-state index is 11.7. The third kappa shape index (κ3) is 2.25. The van der Waals surface area contributed by atoms with E-state index in [1.807, 2.05) is 0 Å². The molecule has 0 saturated carbocycles. The average Bonchev–Trinajstić information content (AvgIpc) is 2.79. The molecule has 0 unspecified atom stereocenters. The molecule has 0 aliphatic rings. The minimum Gasteiger partial charge on any atom is -0.461 e. The van der Waals surface area contributed by atoms with E-state index >= 15 is 0 Å². The summed E-state index contributed by atoms with van der Waals surface area (Å²) in [5.74, 6) is -0.149. The number of aryl methyl sites for hydroxylation is 1. The van der Waals surface area contributed by atoms with Gasteiger partial charge in [0, 0.05) is 11.8 Å². The summed E-state index contributed by atoms with van der Waals surface area (Å²) in [6, 6.07) is 3.11. The zero-order chi connectivity index (χ0) is 12.4. The van der Waals surface area contributed by atoms with Crippen LogP contribution in [0.4, 0.5) is 0 Å². The second-order valence-corrected chi connectivity index (χ2v) is 3.60. The highest BCUT2D eigenvalue weighted by atomic mass is 16.3. The summed E-state index contributed by atoms with van der Waals surface area (Å²) in [5.41, 5.74) is -0.686. The van der Waals surface area contributed by atoms with Crippen molar-refractivity contribution in [2.24, 2.45) is 0 Å². The second-order valence-electron chi connectivity index (χ2n) is 3.60. The van der Waals surface area contributed by atoms with E-state index in [1.54, 1.807) is 13.0 Å². The van der Waals surface area contributed by atoms with Crippen LogP contribution >= 0.6 is 0 Å². The Kier molecular flexibility index (Phi) is 2.78. The van der Waals surface area contributed by atoms with Gasteiger partial charge in [0.1, 0.15) is 0 Å². The molecule has 6 nitrogen and oxygen atoms in total. The van der Waals surface area contributed by atoms with E-state index in [4.69, 9.17) is 4.42 Å². The quantitative estimate of drug-likeness (QED) is 0.775. The third-order valence-electron chi connectivity index (χ3n) is 2.30. The minimum absolute atomic E-state index is 0.163. The molecule has 0 amide bonds. The standard InChI is InChI=1S/C11H10N2O4/c1-7-5-13(11(16)12-10(7)15)6-8(14)9-3-2-4-17-9/h2-5H,6H2,1H3,(H,12,15,16). The summed E-state index contributed by atoms with van der Waals surface area (Å²) in [5, 5.41) is 0. The van der Waals surface area contributed by atoms with Gasteiger partial charge in [-0.3, -0.25) is 19.1 Å². The van der Waals surface area contributed by atoms with Crippen LogP contribution in [-0.4, -0.2) is 15.3 Å². The first-order valence-electron chi connectivity index (χ1n) is 4.95. The van der Waals surface area contributed by atoms with Gasteiger partial charge >= 0.3 is 5.69 Å². The topological polar surface area (TPSA) is 85.1 Å². The summed E-state index contributed by atoms with van der Waals surface area (Å²) >= 11 is 0. The van der Waals surface area contributed by atoms with Gasteiger partial charge in [-0.2, -0.15) is 0 Å². The third-order valence-corrected chi connectivity index (χ3v) is 2.30. The summed E-state index contributed by atoms with van der Waals surface area (Å²) in [7, 11) is 0. The fourth-order valence-corrected chi connectivity index (χ4v) is 1.41. The highest BCUT2D eigenvalue weighted by Gasteiger charge is 2.11. The zero-order valence-corrected chi connectivity index (χ0v) is 9.10. The number of Topliss-reactive ketones (excluding diaryl/α,β-unsaturated/α-hetero) is 1. The monoisotopic (exact) mass is 234 g/mol. The Labute approximate surface area is 95.5 Å². The first kappa shape index (κ1) is 11.1. The molecule has 2 rings (SSSR count). The van der Waals surface area contributed by atoms with Crippen LogP contribution < -0.4 is 11.2 Å². The van der Waals surface area contributed by atoms with Crippen molar-refractivity contribution >= 4 is 5.78 Å². The van der Waals surface area contributed by atoms with Crippen LogP contribution in [-0.2, 0) is 6.54 Å². The van der Waals surface area contributed by atoms with E-state index in [2.05, 4.69) is 4.98 Å². The number of nitrogens with one attached hydrogen (secondary N) is 1. The molecule has 2 heterocycles. The first-order valence-corrected chi connectivity index (χ1v) is 4.95. The van der Waals surface area contributed by atoms with Crippen molar-refractivity contribution in [2.75, 3.05) is 0 Å². The van der Waals surface area contributed by atoms with Gasteiger partial charge in [0.2, 0.25) is 5.78 Å². The maximum Gasteiger partial charge on any atom is 0.328 e. The highest BCUT2D eigenvalue weighted by molar-refractivity contribution is 5.93. The van der Waals surface area contributed by atoms with Gasteiger partial charge in [-0.15, -0.1) is 0 Å². The van der Waals surface area contributed by atoms with Gasteiger partial charge in [-0.1, -0.05) is 0 Å². The van der Waals surface area contributed by atoms with Gasteiger partial charge in [0.05, 0.1) is 12.8 Å². The molecule has 2 aromatic heterocycles. The number of carbonyl (C=O) groups excluding carboxylic acids is 1. The summed E-state index contributed by atoms with van der Waals surface area (Å²) in [6.45, 7) is 1.40. The van der Waals surface area contributed by atoms with Crippen LogP contribution in [0, 0.1) is 6.92 Å². The van der Waals surface area contributed by atoms with Crippen molar-refractivity contribution in [3.63, 3.8) is 0 Å². The lowest BCUT2D eigenvalue weighted by Crippen LogP contribution is -2.32. The molecular formula is C11H10N2O4. The van der Waals surface area contributed by atoms with Gasteiger partial charge in [0.15, 0.2) is 5.76 Å². The van der Waals surface area contributed by atoms with Crippen molar-refractivity contribution in [1.82, 2.24) is 9.55 Å². The molecule has 0 fully saturated rings. The zero-order valence-electron chi connectivity index (χ0n) is 9.10. The van der Waals surface area contributed by atoms with E-state index in [-0.39, 0.29) is 18.1 Å². The predicted molar refractivity (Wildman–Crippen MR) is 59.1 cm³/mol. The van der Waals surface area contributed by atoms with Crippen molar-refractivity contribution in [3.05, 3.63) is 56.8 Å². The lowest BCUT2D eigenvalue weighted by molar-refractivity contribution is 0.0943. The van der Waals surface area contributed by atoms with Crippen molar-refractivity contribution in [3.8, 4) is 0 Å². The van der Waals surface area contributed by atoms with E-state index in [0.717, 1.165) is 4.57 Å². The number of aromatic nitrogens is 2. The molecule has 0 bridgehead atoms. The van der Waals surface area contributed by atoms with E-state index in [9.17, 15) is 14.4 Å². The Balaban J connectivity index is 2.31. The van der Waals surface area contributed by atoms with Crippen LogP contribution in [0.15, 0.2) is 38.6 Å². The van der Waals surface area contributed by atoms with Gasteiger partial charge in [-0.05, 0) is 19.1 Å². The number of aromatic amines is 1. The van der Waals surface area contributed by atoms with Gasteiger partial charge in [0.25, 0.3) is 5.56 Å². The Morgan fingerprint density at radius 2 is 2.24 bits per heavy atom. The number of nitrogens with zero attached hydrogens (tertiary/aromatic N) is 1. The average molecular weight is 234 g/mol. The van der Waals surface area contributed by atoms with Crippen molar-refractivity contribution < 1.29 is 9.21 Å². The summed E-state index contributed by atoms with van der Waals surface area (Å²) < 4.78 is 6.06. The van der Waals surface area contributed by atoms with Crippen LogP contribution in [0.3, 0.4) is 0 Å². The largest absolute Gasteiger partial charge is 0.461 e. The molecule has 0 aliphatic carbocycles. The van der Waals surface area contributed by atoms with E-state index in [1.165, 1.54) is 18.5 Å².